The van der Waals surface area contributed by atoms with Crippen LogP contribution in [0.2, 0.25) is 0 Å². The van der Waals surface area contributed by atoms with E-state index in [0.29, 0.717) is 5.82 Å². The summed E-state index contributed by atoms with van der Waals surface area (Å²) in [5.74, 6) is 0.553. The van der Waals surface area contributed by atoms with Crippen molar-refractivity contribution in [2.24, 2.45) is 0 Å². The Balaban J connectivity index is 2.09. The van der Waals surface area contributed by atoms with Crippen LogP contribution in [0.15, 0.2) is 54.7 Å². The Bertz CT molecular complexity index is 735. The van der Waals surface area contributed by atoms with Gasteiger partial charge < -0.3 is 11.5 Å². The average molecular weight is 249 g/mol. The van der Waals surface area contributed by atoms with Crippen LogP contribution in [0.25, 0.3) is 10.8 Å². The standard InChI is InChI=1S/C16H15N3/c17-15-6-5-12(13-3-1-2-4-14(13)15)9-11-7-8-19-16(18)10-11/h1-8,10H,9,17H2,(H2,18,19). The first-order chi connectivity index (χ1) is 9.24. The highest BCUT2D eigenvalue weighted by atomic mass is 14.8. The Morgan fingerprint density at radius 3 is 2.47 bits per heavy atom. The summed E-state index contributed by atoms with van der Waals surface area (Å²) in [6.07, 6.45) is 2.57. The molecule has 0 atom stereocenters. The van der Waals surface area contributed by atoms with Crippen molar-refractivity contribution >= 4 is 22.3 Å². The molecule has 0 radical (unpaired) electrons. The number of fused-ring (bicyclic) bond motifs is 1. The van der Waals surface area contributed by atoms with Crippen molar-refractivity contribution in [2.75, 3.05) is 11.5 Å². The lowest BCUT2D eigenvalue weighted by molar-refractivity contribution is 1.18. The van der Waals surface area contributed by atoms with E-state index < -0.39 is 0 Å². The van der Waals surface area contributed by atoms with Gasteiger partial charge in [-0.25, -0.2) is 4.98 Å². The quantitative estimate of drug-likeness (QED) is 0.686. The summed E-state index contributed by atoms with van der Waals surface area (Å²) in [5, 5.41) is 2.29. The van der Waals surface area contributed by atoms with Gasteiger partial charge in [-0.05, 0) is 41.1 Å². The maximum Gasteiger partial charge on any atom is 0.123 e. The van der Waals surface area contributed by atoms with Gasteiger partial charge in [0.1, 0.15) is 5.82 Å². The number of pyridine rings is 1. The van der Waals surface area contributed by atoms with Gasteiger partial charge in [-0.2, -0.15) is 0 Å². The number of anilines is 2. The molecule has 0 amide bonds. The van der Waals surface area contributed by atoms with Gasteiger partial charge in [0.2, 0.25) is 0 Å². The van der Waals surface area contributed by atoms with Gasteiger partial charge in [-0.3, -0.25) is 0 Å². The zero-order chi connectivity index (χ0) is 13.2. The van der Waals surface area contributed by atoms with Gasteiger partial charge >= 0.3 is 0 Å². The summed E-state index contributed by atoms with van der Waals surface area (Å²) in [6, 6.07) is 16.1. The molecule has 0 bridgehead atoms. The molecule has 0 aliphatic carbocycles. The van der Waals surface area contributed by atoms with Crippen LogP contribution in [0, 0.1) is 0 Å². The van der Waals surface area contributed by atoms with Gasteiger partial charge in [0.05, 0.1) is 0 Å². The lowest BCUT2D eigenvalue weighted by atomic mass is 9.98. The Morgan fingerprint density at radius 1 is 0.895 bits per heavy atom. The maximum atomic E-state index is 6.01. The third-order valence-electron chi connectivity index (χ3n) is 3.29. The molecular formula is C16H15N3. The van der Waals surface area contributed by atoms with Crippen LogP contribution in [0.3, 0.4) is 0 Å². The lowest BCUT2D eigenvalue weighted by Gasteiger charge is -2.09. The fraction of sp³-hybridized carbons (Fsp3) is 0.0625. The van der Waals surface area contributed by atoms with E-state index in [4.69, 9.17) is 11.5 Å². The monoisotopic (exact) mass is 249 g/mol. The number of benzene rings is 2. The van der Waals surface area contributed by atoms with Gasteiger partial charge in [0, 0.05) is 17.3 Å². The first kappa shape index (κ1) is 11.5. The molecule has 94 valence electrons. The lowest BCUT2D eigenvalue weighted by Crippen LogP contribution is -1.96. The Hall–Kier alpha value is -2.55. The second kappa shape index (κ2) is 4.61. The molecule has 0 aliphatic heterocycles. The molecular weight excluding hydrogens is 234 g/mol. The van der Waals surface area contributed by atoms with Crippen molar-refractivity contribution in [1.29, 1.82) is 0 Å². The van der Waals surface area contributed by atoms with Crippen LogP contribution in [0.4, 0.5) is 11.5 Å². The van der Waals surface area contributed by atoms with Gasteiger partial charge in [-0.15, -0.1) is 0 Å². The molecule has 3 heteroatoms. The number of nitrogen functional groups attached to an aromatic ring is 2. The second-order valence-corrected chi connectivity index (χ2v) is 4.63. The number of nitrogens with zero attached hydrogens (tertiary/aromatic N) is 1. The molecule has 0 fully saturated rings. The number of rotatable bonds is 2. The van der Waals surface area contributed by atoms with Crippen molar-refractivity contribution in [2.45, 2.75) is 6.42 Å². The minimum absolute atomic E-state index is 0.553. The third kappa shape index (κ3) is 2.22. The summed E-state index contributed by atoms with van der Waals surface area (Å²) in [7, 11) is 0. The first-order valence-corrected chi connectivity index (χ1v) is 6.20. The summed E-state index contributed by atoms with van der Waals surface area (Å²) < 4.78 is 0. The molecule has 19 heavy (non-hydrogen) atoms. The fourth-order valence-corrected chi connectivity index (χ4v) is 2.36. The van der Waals surface area contributed by atoms with E-state index >= 15 is 0 Å². The second-order valence-electron chi connectivity index (χ2n) is 4.63. The van der Waals surface area contributed by atoms with Crippen LogP contribution in [-0.2, 0) is 6.42 Å². The number of aromatic nitrogens is 1. The van der Waals surface area contributed by atoms with Crippen LogP contribution in [0.1, 0.15) is 11.1 Å². The predicted octanol–water partition coefficient (Wildman–Crippen LogP) is 2.99. The van der Waals surface area contributed by atoms with Crippen LogP contribution in [-0.4, -0.2) is 4.98 Å². The molecule has 3 aromatic rings. The van der Waals surface area contributed by atoms with E-state index in [1.54, 1.807) is 6.20 Å². The molecule has 3 rings (SSSR count). The summed E-state index contributed by atoms with van der Waals surface area (Å²) in [6.45, 7) is 0. The molecule has 1 aromatic heterocycles. The van der Waals surface area contributed by atoms with Crippen LogP contribution in [0.5, 0.6) is 0 Å². The van der Waals surface area contributed by atoms with E-state index in [1.165, 1.54) is 10.9 Å². The van der Waals surface area contributed by atoms with Gasteiger partial charge in [0.25, 0.3) is 0 Å². The Labute approximate surface area is 111 Å². The normalized spacial score (nSPS) is 10.7. The number of hydrogen-bond donors (Lipinski definition) is 2. The van der Waals surface area contributed by atoms with Crippen molar-refractivity contribution < 1.29 is 0 Å². The maximum absolute atomic E-state index is 6.01. The molecule has 0 unspecified atom stereocenters. The van der Waals surface area contributed by atoms with Crippen molar-refractivity contribution in [3.8, 4) is 0 Å². The van der Waals surface area contributed by atoms with E-state index in [0.717, 1.165) is 23.1 Å². The van der Waals surface area contributed by atoms with E-state index in [-0.39, 0.29) is 0 Å². The molecule has 3 nitrogen and oxygen atoms in total. The SMILES string of the molecule is Nc1cc(Cc2ccc(N)c3ccccc23)ccn1. The summed E-state index contributed by atoms with van der Waals surface area (Å²) >= 11 is 0. The van der Waals surface area contributed by atoms with Crippen LogP contribution >= 0.6 is 0 Å². The highest BCUT2D eigenvalue weighted by Gasteiger charge is 2.05. The molecule has 0 saturated heterocycles. The topological polar surface area (TPSA) is 64.9 Å². The summed E-state index contributed by atoms with van der Waals surface area (Å²) in [4.78, 5) is 4.02. The molecule has 0 spiro atoms. The molecule has 2 aromatic carbocycles. The van der Waals surface area contributed by atoms with Gasteiger partial charge in [0.15, 0.2) is 0 Å². The zero-order valence-corrected chi connectivity index (χ0v) is 10.5. The van der Waals surface area contributed by atoms with E-state index in [1.807, 2.05) is 30.3 Å². The first-order valence-electron chi connectivity index (χ1n) is 6.20. The smallest absolute Gasteiger partial charge is 0.123 e. The Morgan fingerprint density at radius 2 is 1.68 bits per heavy atom. The molecule has 4 N–H and O–H groups in total. The fourth-order valence-electron chi connectivity index (χ4n) is 2.36. The average Bonchev–Trinajstić information content (AvgIpc) is 2.42. The predicted molar refractivity (Wildman–Crippen MR) is 79.8 cm³/mol. The van der Waals surface area contributed by atoms with Crippen molar-refractivity contribution in [3.63, 3.8) is 0 Å². The van der Waals surface area contributed by atoms with Crippen molar-refractivity contribution in [3.05, 3.63) is 65.9 Å². The highest BCUT2D eigenvalue weighted by Crippen LogP contribution is 2.26. The number of nitrogens with two attached hydrogens (primary N) is 2. The van der Waals surface area contributed by atoms with E-state index in [9.17, 15) is 0 Å². The zero-order valence-electron chi connectivity index (χ0n) is 10.5. The van der Waals surface area contributed by atoms with E-state index in [2.05, 4.69) is 23.2 Å². The highest BCUT2D eigenvalue weighted by molar-refractivity contribution is 5.95. The van der Waals surface area contributed by atoms with Crippen LogP contribution < -0.4 is 11.5 Å². The number of hydrogen-bond acceptors (Lipinski definition) is 3. The molecule has 1 heterocycles. The van der Waals surface area contributed by atoms with Crippen molar-refractivity contribution in [1.82, 2.24) is 4.98 Å². The minimum Gasteiger partial charge on any atom is -0.398 e. The summed E-state index contributed by atoms with van der Waals surface area (Å²) in [5.41, 5.74) is 14.9. The molecule has 0 saturated carbocycles. The van der Waals surface area contributed by atoms with Gasteiger partial charge in [-0.1, -0.05) is 30.3 Å². The largest absolute Gasteiger partial charge is 0.398 e. The third-order valence-corrected chi connectivity index (χ3v) is 3.29. The molecule has 0 aliphatic rings. The Kier molecular flexibility index (Phi) is 2.80. The minimum atomic E-state index is 0.553.